The van der Waals surface area contributed by atoms with Crippen LogP contribution in [-0.4, -0.2) is 24.0 Å². The van der Waals surface area contributed by atoms with Gasteiger partial charge in [-0.25, -0.2) is 4.79 Å². The van der Waals surface area contributed by atoms with Crippen LogP contribution in [0.4, 0.5) is 4.79 Å². The molecule has 0 aromatic heterocycles. The molecule has 0 aliphatic rings. The average molecular weight is 226 g/mol. The monoisotopic (exact) mass is 226 g/mol. The Kier molecular flexibility index (Phi) is 6.86. The smallest absolute Gasteiger partial charge is 0.321 e. The molecule has 0 unspecified atom stereocenters. The molecule has 0 saturated heterocycles. The second-order valence-corrected chi connectivity index (χ2v) is 5.36. The van der Waals surface area contributed by atoms with Crippen LogP contribution in [0.2, 0.25) is 0 Å². The Balaban J connectivity index is 4.37. The summed E-state index contributed by atoms with van der Waals surface area (Å²) in [6.07, 6.45) is 1.76. The van der Waals surface area contributed by atoms with E-state index in [0.717, 1.165) is 18.7 Å². The molecule has 0 aliphatic heterocycles. The lowest BCUT2D eigenvalue weighted by Crippen LogP contribution is -2.42. The number of nitrogens with one attached hydrogen (secondary N) is 1. The van der Waals surface area contributed by atoms with Gasteiger partial charge in [-0.2, -0.15) is 0 Å². The van der Waals surface area contributed by atoms with Gasteiger partial charge in [-0.1, -0.05) is 33.3 Å². The number of hydrogen-bond acceptors (Lipinski definition) is 1. The van der Waals surface area contributed by atoms with E-state index in [9.17, 15) is 4.79 Å². The van der Waals surface area contributed by atoms with Crippen LogP contribution in [0.1, 0.15) is 41.5 Å². The maximum absolute atomic E-state index is 11.9. The summed E-state index contributed by atoms with van der Waals surface area (Å²) in [5, 5.41) is 2.82. The highest BCUT2D eigenvalue weighted by Crippen LogP contribution is 2.04. The van der Waals surface area contributed by atoms with Crippen molar-refractivity contribution in [2.75, 3.05) is 13.1 Å². The topological polar surface area (TPSA) is 32.3 Å². The van der Waals surface area contributed by atoms with Crippen molar-refractivity contribution in [3.8, 4) is 0 Å². The third-order valence-electron chi connectivity index (χ3n) is 1.94. The highest BCUT2D eigenvalue weighted by molar-refractivity contribution is 5.75. The lowest BCUT2D eigenvalue weighted by molar-refractivity contribution is 0.187. The summed E-state index contributed by atoms with van der Waals surface area (Å²) in [5.41, 5.74) is 1.10. The van der Waals surface area contributed by atoms with E-state index >= 15 is 0 Å². The van der Waals surface area contributed by atoms with Crippen molar-refractivity contribution in [2.24, 2.45) is 11.8 Å². The van der Waals surface area contributed by atoms with Gasteiger partial charge in [0.15, 0.2) is 0 Å². The first kappa shape index (κ1) is 15.0. The average Bonchev–Trinajstić information content (AvgIpc) is 2.11. The number of nitrogens with zero attached hydrogens (tertiary/aromatic N) is 1. The highest BCUT2D eigenvalue weighted by atomic mass is 16.2. The van der Waals surface area contributed by atoms with Crippen molar-refractivity contribution < 1.29 is 4.79 Å². The molecule has 0 rings (SSSR count). The summed E-state index contributed by atoms with van der Waals surface area (Å²) in [4.78, 5) is 13.8. The standard InChI is InChI=1S/C13H26N2O/c1-10(2)7-14-13(16)15(8-11(3)4)9-12(5)6/h7,11-12H,8-9H2,1-6H3,(H,14,16). The normalized spacial score (nSPS) is 10.5. The van der Waals surface area contributed by atoms with E-state index in [0.29, 0.717) is 11.8 Å². The van der Waals surface area contributed by atoms with Crippen molar-refractivity contribution in [1.29, 1.82) is 0 Å². The molecule has 0 radical (unpaired) electrons. The largest absolute Gasteiger partial charge is 0.324 e. The van der Waals surface area contributed by atoms with Gasteiger partial charge in [0.2, 0.25) is 0 Å². The third-order valence-corrected chi connectivity index (χ3v) is 1.94. The molecule has 94 valence electrons. The van der Waals surface area contributed by atoms with E-state index in [4.69, 9.17) is 0 Å². The van der Waals surface area contributed by atoms with Crippen molar-refractivity contribution in [3.63, 3.8) is 0 Å². The summed E-state index contributed by atoms with van der Waals surface area (Å²) in [5.74, 6) is 0.993. The van der Waals surface area contributed by atoms with Crippen molar-refractivity contribution in [2.45, 2.75) is 41.5 Å². The molecule has 0 heterocycles. The highest BCUT2D eigenvalue weighted by Gasteiger charge is 2.14. The first-order chi connectivity index (χ1) is 7.32. The molecule has 3 nitrogen and oxygen atoms in total. The number of allylic oxidation sites excluding steroid dienone is 1. The molecule has 0 saturated carbocycles. The number of carbonyl (C=O) groups is 1. The molecule has 1 N–H and O–H groups in total. The van der Waals surface area contributed by atoms with Gasteiger partial charge >= 0.3 is 6.03 Å². The van der Waals surface area contributed by atoms with Gasteiger partial charge in [-0.15, -0.1) is 0 Å². The van der Waals surface area contributed by atoms with Gasteiger partial charge in [-0.3, -0.25) is 0 Å². The Morgan fingerprint density at radius 1 is 1.12 bits per heavy atom. The second kappa shape index (κ2) is 7.31. The summed E-state index contributed by atoms with van der Waals surface area (Å²) < 4.78 is 0. The van der Waals surface area contributed by atoms with E-state index < -0.39 is 0 Å². The molecule has 0 aromatic rings. The number of carbonyl (C=O) groups excluding carboxylic acids is 1. The summed E-state index contributed by atoms with van der Waals surface area (Å²) >= 11 is 0. The minimum atomic E-state index is 0.00333. The molecule has 0 bridgehead atoms. The molecule has 0 aliphatic carbocycles. The lowest BCUT2D eigenvalue weighted by Gasteiger charge is -2.26. The van der Waals surface area contributed by atoms with Crippen molar-refractivity contribution in [1.82, 2.24) is 10.2 Å². The number of hydrogen-bond donors (Lipinski definition) is 1. The fourth-order valence-electron chi connectivity index (χ4n) is 1.42. The van der Waals surface area contributed by atoms with Crippen LogP contribution >= 0.6 is 0 Å². The van der Waals surface area contributed by atoms with Gasteiger partial charge in [0.25, 0.3) is 0 Å². The zero-order valence-corrected chi connectivity index (χ0v) is 11.5. The number of amides is 2. The predicted octanol–water partition coefficient (Wildman–Crippen LogP) is 3.23. The molecule has 2 amide bonds. The molecule has 3 heteroatoms. The van der Waals surface area contributed by atoms with E-state index in [1.54, 1.807) is 6.20 Å². The van der Waals surface area contributed by atoms with Gasteiger partial charge in [-0.05, 0) is 25.7 Å². The summed E-state index contributed by atoms with van der Waals surface area (Å²) in [6, 6.07) is 0.00333. The van der Waals surface area contributed by atoms with Gasteiger partial charge in [0, 0.05) is 19.3 Å². The van der Waals surface area contributed by atoms with Crippen LogP contribution in [0.5, 0.6) is 0 Å². The first-order valence-corrected chi connectivity index (χ1v) is 6.01. The Hall–Kier alpha value is -0.990. The second-order valence-electron chi connectivity index (χ2n) is 5.36. The zero-order chi connectivity index (χ0) is 12.7. The van der Waals surface area contributed by atoms with Crippen molar-refractivity contribution >= 4 is 6.03 Å². The Bertz CT molecular complexity index is 230. The fourth-order valence-corrected chi connectivity index (χ4v) is 1.42. The molecule has 0 fully saturated rings. The molecule has 0 atom stereocenters. The fraction of sp³-hybridized carbons (Fsp3) is 0.769. The number of rotatable bonds is 5. The van der Waals surface area contributed by atoms with E-state index in [-0.39, 0.29) is 6.03 Å². The van der Waals surface area contributed by atoms with Gasteiger partial charge < -0.3 is 10.2 Å². The van der Waals surface area contributed by atoms with E-state index in [1.807, 2.05) is 18.7 Å². The quantitative estimate of drug-likeness (QED) is 0.767. The van der Waals surface area contributed by atoms with Crippen LogP contribution in [0, 0.1) is 11.8 Å². The van der Waals surface area contributed by atoms with Crippen LogP contribution in [0.25, 0.3) is 0 Å². The van der Waals surface area contributed by atoms with Crippen LogP contribution < -0.4 is 5.32 Å². The maximum atomic E-state index is 11.9. The molecule has 0 aromatic carbocycles. The Morgan fingerprint density at radius 2 is 1.56 bits per heavy atom. The van der Waals surface area contributed by atoms with E-state index in [1.165, 1.54) is 0 Å². The van der Waals surface area contributed by atoms with Crippen LogP contribution in [0.3, 0.4) is 0 Å². The Labute approximate surface area is 99.9 Å². The van der Waals surface area contributed by atoms with Gasteiger partial charge in [0.1, 0.15) is 0 Å². The molecular weight excluding hydrogens is 200 g/mol. The lowest BCUT2D eigenvalue weighted by atomic mass is 10.1. The van der Waals surface area contributed by atoms with Crippen molar-refractivity contribution in [3.05, 3.63) is 11.8 Å². The maximum Gasteiger partial charge on any atom is 0.321 e. The van der Waals surface area contributed by atoms with E-state index in [2.05, 4.69) is 33.0 Å². The summed E-state index contributed by atoms with van der Waals surface area (Å²) in [7, 11) is 0. The SMILES string of the molecule is CC(C)=CNC(=O)N(CC(C)C)CC(C)C. The Morgan fingerprint density at radius 3 is 1.88 bits per heavy atom. The third kappa shape index (κ3) is 7.32. The zero-order valence-electron chi connectivity index (χ0n) is 11.5. The summed E-state index contributed by atoms with van der Waals surface area (Å²) in [6.45, 7) is 14.1. The van der Waals surface area contributed by atoms with Gasteiger partial charge in [0.05, 0.1) is 0 Å². The first-order valence-electron chi connectivity index (χ1n) is 6.01. The molecule has 16 heavy (non-hydrogen) atoms. The minimum Gasteiger partial charge on any atom is -0.324 e. The predicted molar refractivity (Wildman–Crippen MR) is 69.2 cm³/mol. The van der Waals surface area contributed by atoms with Crippen LogP contribution in [0.15, 0.2) is 11.8 Å². The molecular formula is C13H26N2O. The molecule has 0 spiro atoms. The minimum absolute atomic E-state index is 0.00333. The van der Waals surface area contributed by atoms with Crippen LogP contribution in [-0.2, 0) is 0 Å². The number of urea groups is 1.